The van der Waals surface area contributed by atoms with Gasteiger partial charge < -0.3 is 16.2 Å². The number of carbonyl (C=O) groups is 1. The minimum Gasteiger partial charge on any atom is -0.382 e. The molecule has 1 aromatic heterocycles. The largest absolute Gasteiger partial charge is 0.382 e. The zero-order valence-electron chi connectivity index (χ0n) is 10.9. The highest BCUT2D eigenvalue weighted by Gasteiger charge is 2.18. The van der Waals surface area contributed by atoms with Crippen molar-refractivity contribution in [3.8, 4) is 0 Å². The van der Waals surface area contributed by atoms with Crippen LogP contribution in [0.4, 0.5) is 0 Å². The zero-order valence-corrected chi connectivity index (χ0v) is 10.9. The van der Waals surface area contributed by atoms with Crippen molar-refractivity contribution in [3.63, 3.8) is 0 Å². The molecule has 0 saturated heterocycles. The van der Waals surface area contributed by atoms with Gasteiger partial charge in [-0.2, -0.15) is 0 Å². The molecule has 2 unspecified atom stereocenters. The minimum atomic E-state index is -1.22. The summed E-state index contributed by atoms with van der Waals surface area (Å²) in [7, 11) is 0. The van der Waals surface area contributed by atoms with Crippen molar-refractivity contribution >= 4 is 5.91 Å². The normalized spacial score (nSPS) is 13.7. The highest BCUT2D eigenvalue weighted by atomic mass is 16.3. The lowest BCUT2D eigenvalue weighted by Gasteiger charge is -2.20. The molecule has 2 atom stereocenters. The quantitative estimate of drug-likeness (QED) is 0.718. The molecule has 1 amide bonds. The minimum absolute atomic E-state index is 0.0749. The van der Waals surface area contributed by atoms with E-state index in [2.05, 4.69) is 10.3 Å². The van der Waals surface area contributed by atoms with E-state index in [1.807, 2.05) is 48.5 Å². The molecule has 0 fully saturated rings. The Balaban J connectivity index is 2.19. The molecule has 0 aliphatic rings. The van der Waals surface area contributed by atoms with Crippen molar-refractivity contribution in [1.82, 2.24) is 10.3 Å². The van der Waals surface area contributed by atoms with Gasteiger partial charge in [0, 0.05) is 12.7 Å². The molecule has 5 nitrogen and oxygen atoms in total. The van der Waals surface area contributed by atoms with Gasteiger partial charge >= 0.3 is 0 Å². The van der Waals surface area contributed by atoms with Gasteiger partial charge in [0.2, 0.25) is 5.91 Å². The number of nitrogens with two attached hydrogens (primary N) is 1. The molecule has 20 heavy (non-hydrogen) atoms. The molecule has 104 valence electrons. The summed E-state index contributed by atoms with van der Waals surface area (Å²) in [5.41, 5.74) is 6.87. The van der Waals surface area contributed by atoms with Gasteiger partial charge in [0.1, 0.15) is 6.10 Å². The second kappa shape index (κ2) is 6.79. The van der Waals surface area contributed by atoms with Gasteiger partial charge in [0.25, 0.3) is 0 Å². The third-order valence-corrected chi connectivity index (χ3v) is 2.96. The van der Waals surface area contributed by atoms with Gasteiger partial charge in [-0.25, -0.2) is 0 Å². The molecular weight excluding hydrogens is 254 g/mol. The summed E-state index contributed by atoms with van der Waals surface area (Å²) < 4.78 is 0. The molecular formula is C15H17N3O2. The number of amides is 1. The maximum atomic E-state index is 10.9. The molecule has 0 aliphatic heterocycles. The number of hydrogen-bond donors (Lipinski definition) is 3. The smallest absolute Gasteiger partial charge is 0.247 e. The number of benzene rings is 1. The lowest BCUT2D eigenvalue weighted by atomic mass is 10.0. The fourth-order valence-electron chi connectivity index (χ4n) is 1.92. The Hall–Kier alpha value is -2.24. The predicted octanol–water partition coefficient (Wildman–Crippen LogP) is 0.607. The van der Waals surface area contributed by atoms with Crippen molar-refractivity contribution < 1.29 is 9.90 Å². The Kier molecular flexibility index (Phi) is 4.81. The highest BCUT2D eigenvalue weighted by molar-refractivity contribution is 5.78. The fraction of sp³-hybridized carbons (Fsp3) is 0.200. The number of primary amides is 1. The van der Waals surface area contributed by atoms with E-state index in [4.69, 9.17) is 5.73 Å². The molecule has 1 heterocycles. The molecule has 0 bridgehead atoms. The Labute approximate surface area is 117 Å². The SMILES string of the molecule is NC(=O)C(O)CNC(c1ccccc1)c1ccccn1. The third kappa shape index (κ3) is 3.63. The van der Waals surface area contributed by atoms with E-state index >= 15 is 0 Å². The number of aromatic nitrogens is 1. The van der Waals surface area contributed by atoms with Crippen LogP contribution in [0.2, 0.25) is 0 Å². The van der Waals surface area contributed by atoms with Crippen LogP contribution in [0, 0.1) is 0 Å². The summed E-state index contributed by atoms with van der Waals surface area (Å²) in [6.07, 6.45) is 0.488. The molecule has 4 N–H and O–H groups in total. The molecule has 1 aromatic carbocycles. The number of carbonyl (C=O) groups excluding carboxylic acids is 1. The fourth-order valence-corrected chi connectivity index (χ4v) is 1.92. The summed E-state index contributed by atoms with van der Waals surface area (Å²) in [6, 6.07) is 15.1. The van der Waals surface area contributed by atoms with Crippen LogP contribution in [0.3, 0.4) is 0 Å². The van der Waals surface area contributed by atoms with Crippen LogP contribution in [-0.4, -0.2) is 28.6 Å². The molecule has 0 aliphatic carbocycles. The maximum Gasteiger partial charge on any atom is 0.247 e. The Bertz CT molecular complexity index is 506. The number of aliphatic hydroxyl groups excluding tert-OH is 1. The Morgan fingerprint density at radius 1 is 1.20 bits per heavy atom. The van der Waals surface area contributed by atoms with Crippen molar-refractivity contribution in [3.05, 3.63) is 66.0 Å². The first-order chi connectivity index (χ1) is 9.68. The van der Waals surface area contributed by atoms with E-state index in [9.17, 15) is 9.90 Å². The predicted molar refractivity (Wildman–Crippen MR) is 75.7 cm³/mol. The average Bonchev–Trinajstić information content (AvgIpc) is 2.49. The molecule has 0 saturated carbocycles. The van der Waals surface area contributed by atoms with Gasteiger partial charge in [0.15, 0.2) is 0 Å². The second-order valence-corrected chi connectivity index (χ2v) is 4.42. The first-order valence-electron chi connectivity index (χ1n) is 6.35. The van der Waals surface area contributed by atoms with Crippen LogP contribution in [0.5, 0.6) is 0 Å². The van der Waals surface area contributed by atoms with Crippen LogP contribution in [0.15, 0.2) is 54.7 Å². The van der Waals surface area contributed by atoms with E-state index in [0.29, 0.717) is 0 Å². The lowest BCUT2D eigenvalue weighted by molar-refractivity contribution is -0.125. The van der Waals surface area contributed by atoms with Crippen LogP contribution in [0.25, 0.3) is 0 Å². The maximum absolute atomic E-state index is 10.9. The van der Waals surface area contributed by atoms with E-state index in [0.717, 1.165) is 11.3 Å². The van der Waals surface area contributed by atoms with Crippen LogP contribution in [-0.2, 0) is 4.79 Å². The van der Waals surface area contributed by atoms with Gasteiger partial charge in [-0.05, 0) is 17.7 Å². The van der Waals surface area contributed by atoms with Gasteiger partial charge in [-0.15, -0.1) is 0 Å². The average molecular weight is 271 g/mol. The number of nitrogens with one attached hydrogen (secondary N) is 1. The van der Waals surface area contributed by atoms with Gasteiger partial charge in [0.05, 0.1) is 11.7 Å². The van der Waals surface area contributed by atoms with Crippen molar-refractivity contribution in [1.29, 1.82) is 0 Å². The molecule has 2 aromatic rings. The summed E-state index contributed by atoms with van der Waals surface area (Å²) >= 11 is 0. The Morgan fingerprint density at radius 2 is 1.90 bits per heavy atom. The number of hydrogen-bond acceptors (Lipinski definition) is 4. The van der Waals surface area contributed by atoms with E-state index in [1.165, 1.54) is 0 Å². The summed E-state index contributed by atoms with van der Waals surface area (Å²) in [5.74, 6) is -0.745. The number of aliphatic hydroxyl groups is 1. The first-order valence-corrected chi connectivity index (χ1v) is 6.35. The summed E-state index contributed by atoms with van der Waals surface area (Å²) in [4.78, 5) is 15.2. The third-order valence-electron chi connectivity index (χ3n) is 2.96. The van der Waals surface area contributed by atoms with E-state index < -0.39 is 12.0 Å². The lowest BCUT2D eigenvalue weighted by Crippen LogP contribution is -2.39. The summed E-state index contributed by atoms with van der Waals surface area (Å²) in [5, 5.41) is 12.6. The summed E-state index contributed by atoms with van der Waals surface area (Å²) in [6.45, 7) is 0.0749. The monoisotopic (exact) mass is 271 g/mol. The van der Waals surface area contributed by atoms with Gasteiger partial charge in [-0.1, -0.05) is 36.4 Å². The van der Waals surface area contributed by atoms with Crippen LogP contribution >= 0.6 is 0 Å². The Morgan fingerprint density at radius 3 is 2.50 bits per heavy atom. The van der Waals surface area contributed by atoms with E-state index in [1.54, 1.807) is 6.20 Å². The highest BCUT2D eigenvalue weighted by Crippen LogP contribution is 2.19. The van der Waals surface area contributed by atoms with Gasteiger partial charge in [-0.3, -0.25) is 9.78 Å². The number of pyridine rings is 1. The molecule has 0 radical (unpaired) electrons. The van der Waals surface area contributed by atoms with Crippen molar-refractivity contribution in [2.24, 2.45) is 5.73 Å². The molecule has 0 spiro atoms. The van der Waals surface area contributed by atoms with Crippen LogP contribution in [0.1, 0.15) is 17.3 Å². The van der Waals surface area contributed by atoms with Crippen molar-refractivity contribution in [2.45, 2.75) is 12.1 Å². The molecule has 5 heteroatoms. The van der Waals surface area contributed by atoms with Crippen molar-refractivity contribution in [2.75, 3.05) is 6.54 Å². The number of nitrogens with zero attached hydrogens (tertiary/aromatic N) is 1. The topological polar surface area (TPSA) is 88.2 Å². The van der Waals surface area contributed by atoms with E-state index in [-0.39, 0.29) is 12.6 Å². The zero-order chi connectivity index (χ0) is 14.4. The van der Waals surface area contributed by atoms with Crippen LogP contribution < -0.4 is 11.1 Å². The second-order valence-electron chi connectivity index (χ2n) is 4.42. The molecule has 2 rings (SSSR count). The first kappa shape index (κ1) is 14.2. The number of rotatable bonds is 6. The standard InChI is InChI=1S/C15H17N3O2/c16-15(20)13(19)10-18-14(11-6-2-1-3-7-11)12-8-4-5-9-17-12/h1-9,13-14,18-19H,10H2,(H2,16,20).